The number of hydrogen-bond donors (Lipinski definition) is 0. The lowest BCUT2D eigenvalue weighted by molar-refractivity contribution is 1.29. The number of para-hydroxylation sites is 1. The lowest BCUT2D eigenvalue weighted by Crippen LogP contribution is -1.76. The highest BCUT2D eigenvalue weighted by molar-refractivity contribution is 7.99. The van der Waals surface area contributed by atoms with E-state index < -0.39 is 0 Å². The number of benzene rings is 2. The molecule has 0 spiro atoms. The summed E-state index contributed by atoms with van der Waals surface area (Å²) in [7, 11) is 0. The van der Waals surface area contributed by atoms with Gasteiger partial charge in [-0.3, -0.25) is 4.99 Å². The van der Waals surface area contributed by atoms with Crippen LogP contribution in [0, 0.1) is 0 Å². The van der Waals surface area contributed by atoms with Gasteiger partial charge in [0, 0.05) is 16.0 Å². The summed E-state index contributed by atoms with van der Waals surface area (Å²) in [5, 5.41) is 0. The summed E-state index contributed by atoms with van der Waals surface area (Å²) in [4.78, 5) is 6.91. The maximum Gasteiger partial charge on any atom is 0.0765 e. The Labute approximate surface area is 107 Å². The Balaban J connectivity index is 2.23. The van der Waals surface area contributed by atoms with Gasteiger partial charge in [0.2, 0.25) is 0 Å². The van der Waals surface area contributed by atoms with Gasteiger partial charge in [-0.15, -0.1) is 0 Å². The van der Waals surface area contributed by atoms with Crippen LogP contribution in [-0.2, 0) is 0 Å². The molecule has 17 heavy (non-hydrogen) atoms. The molecule has 1 nitrogen and oxygen atoms in total. The molecular formula is C15H15NS. The Morgan fingerprint density at radius 2 is 1.71 bits per heavy atom. The van der Waals surface area contributed by atoms with Gasteiger partial charge in [0.25, 0.3) is 0 Å². The van der Waals surface area contributed by atoms with E-state index in [0.29, 0.717) is 0 Å². The zero-order valence-electron chi connectivity index (χ0n) is 9.84. The fourth-order valence-corrected chi connectivity index (χ4v) is 2.37. The van der Waals surface area contributed by atoms with Gasteiger partial charge in [-0.1, -0.05) is 49.0 Å². The third-order valence-corrected chi connectivity index (χ3v) is 3.32. The SMILES string of the molecule is CCC=Nc1ccccc1Sc1ccccc1. The molecule has 2 rings (SSSR count). The molecule has 0 aliphatic heterocycles. The van der Waals surface area contributed by atoms with Crippen molar-refractivity contribution in [1.82, 2.24) is 0 Å². The number of hydrogen-bond acceptors (Lipinski definition) is 2. The monoisotopic (exact) mass is 241 g/mol. The molecule has 0 bridgehead atoms. The van der Waals surface area contributed by atoms with Gasteiger partial charge in [-0.05, 0) is 30.7 Å². The molecule has 0 amide bonds. The quantitative estimate of drug-likeness (QED) is 0.690. The molecule has 0 radical (unpaired) electrons. The van der Waals surface area contributed by atoms with Crippen LogP contribution < -0.4 is 0 Å². The lowest BCUT2D eigenvalue weighted by Gasteiger charge is -2.04. The summed E-state index contributed by atoms with van der Waals surface area (Å²) in [6.45, 7) is 2.09. The Bertz CT molecular complexity index is 491. The second kappa shape index (κ2) is 6.26. The molecule has 0 N–H and O–H groups in total. The van der Waals surface area contributed by atoms with Crippen molar-refractivity contribution in [2.45, 2.75) is 23.1 Å². The first-order chi connectivity index (χ1) is 8.40. The van der Waals surface area contributed by atoms with Crippen molar-refractivity contribution in [3.05, 3.63) is 54.6 Å². The third-order valence-electron chi connectivity index (χ3n) is 2.25. The van der Waals surface area contributed by atoms with Crippen LogP contribution in [0.2, 0.25) is 0 Å². The summed E-state index contributed by atoms with van der Waals surface area (Å²) in [6.07, 6.45) is 2.91. The van der Waals surface area contributed by atoms with E-state index in [1.807, 2.05) is 18.3 Å². The summed E-state index contributed by atoms with van der Waals surface area (Å²) in [6, 6.07) is 18.6. The Hall–Kier alpha value is -1.54. The molecule has 0 saturated heterocycles. The van der Waals surface area contributed by atoms with Crippen LogP contribution in [0.1, 0.15) is 13.3 Å². The maximum absolute atomic E-state index is 4.48. The van der Waals surface area contributed by atoms with Crippen LogP contribution in [-0.4, -0.2) is 6.21 Å². The van der Waals surface area contributed by atoms with Gasteiger partial charge in [-0.2, -0.15) is 0 Å². The van der Waals surface area contributed by atoms with E-state index in [0.717, 1.165) is 12.1 Å². The largest absolute Gasteiger partial charge is 0.260 e. The molecule has 0 aliphatic carbocycles. The fraction of sp³-hybridized carbons (Fsp3) is 0.133. The minimum Gasteiger partial charge on any atom is -0.260 e. The molecule has 2 aromatic rings. The van der Waals surface area contributed by atoms with Crippen molar-refractivity contribution in [2.24, 2.45) is 4.99 Å². The minimum absolute atomic E-state index is 0.963. The number of rotatable bonds is 4. The third kappa shape index (κ3) is 3.46. The van der Waals surface area contributed by atoms with Gasteiger partial charge in [0.05, 0.1) is 5.69 Å². The van der Waals surface area contributed by atoms with Crippen molar-refractivity contribution in [3.63, 3.8) is 0 Å². The van der Waals surface area contributed by atoms with E-state index in [1.54, 1.807) is 11.8 Å². The highest BCUT2D eigenvalue weighted by Crippen LogP contribution is 2.34. The molecule has 2 heteroatoms. The van der Waals surface area contributed by atoms with Crippen molar-refractivity contribution in [3.8, 4) is 0 Å². The first kappa shape index (κ1) is 11.9. The topological polar surface area (TPSA) is 12.4 Å². The van der Waals surface area contributed by atoms with Gasteiger partial charge in [-0.25, -0.2) is 0 Å². The van der Waals surface area contributed by atoms with Crippen LogP contribution >= 0.6 is 11.8 Å². The summed E-state index contributed by atoms with van der Waals surface area (Å²) < 4.78 is 0. The predicted molar refractivity (Wildman–Crippen MR) is 75.5 cm³/mol. The average molecular weight is 241 g/mol. The maximum atomic E-state index is 4.48. The Morgan fingerprint density at radius 3 is 2.47 bits per heavy atom. The lowest BCUT2D eigenvalue weighted by atomic mass is 10.3. The molecule has 0 fully saturated rings. The molecule has 0 heterocycles. The molecule has 0 atom stereocenters. The van der Waals surface area contributed by atoms with Crippen LogP contribution in [0.25, 0.3) is 0 Å². The molecule has 0 aliphatic rings. The summed E-state index contributed by atoms with van der Waals surface area (Å²) in [5.74, 6) is 0. The van der Waals surface area contributed by atoms with Crippen LogP contribution in [0.15, 0.2) is 69.4 Å². The first-order valence-electron chi connectivity index (χ1n) is 5.74. The molecule has 0 aromatic heterocycles. The first-order valence-corrected chi connectivity index (χ1v) is 6.56. The Morgan fingerprint density at radius 1 is 1.00 bits per heavy atom. The van der Waals surface area contributed by atoms with Gasteiger partial charge in [0.1, 0.15) is 0 Å². The number of nitrogens with zero attached hydrogens (tertiary/aromatic N) is 1. The van der Waals surface area contributed by atoms with Gasteiger partial charge < -0.3 is 0 Å². The van der Waals surface area contributed by atoms with Crippen LogP contribution in [0.3, 0.4) is 0 Å². The van der Waals surface area contributed by atoms with Gasteiger partial charge >= 0.3 is 0 Å². The van der Waals surface area contributed by atoms with E-state index in [-0.39, 0.29) is 0 Å². The normalized spacial score (nSPS) is 10.9. The number of aliphatic imine (C=N–C) groups is 1. The predicted octanol–water partition coefficient (Wildman–Crippen LogP) is 4.95. The van der Waals surface area contributed by atoms with E-state index in [4.69, 9.17) is 0 Å². The van der Waals surface area contributed by atoms with Crippen molar-refractivity contribution in [2.75, 3.05) is 0 Å². The summed E-state index contributed by atoms with van der Waals surface area (Å²) >= 11 is 1.75. The van der Waals surface area contributed by atoms with E-state index in [1.165, 1.54) is 9.79 Å². The van der Waals surface area contributed by atoms with Crippen LogP contribution in [0.5, 0.6) is 0 Å². The molecule has 0 saturated carbocycles. The highest BCUT2D eigenvalue weighted by Gasteiger charge is 2.01. The second-order valence-electron chi connectivity index (χ2n) is 3.60. The van der Waals surface area contributed by atoms with E-state index >= 15 is 0 Å². The smallest absolute Gasteiger partial charge is 0.0765 e. The van der Waals surface area contributed by atoms with Crippen LogP contribution in [0.4, 0.5) is 5.69 Å². The second-order valence-corrected chi connectivity index (χ2v) is 4.72. The fourth-order valence-electron chi connectivity index (χ4n) is 1.46. The van der Waals surface area contributed by atoms with E-state index in [9.17, 15) is 0 Å². The molecular weight excluding hydrogens is 226 g/mol. The standard InChI is InChI=1S/C15H15NS/c1-2-12-16-14-10-6-7-11-15(14)17-13-8-4-3-5-9-13/h3-12H,2H2,1H3. The Kier molecular flexibility index (Phi) is 4.39. The average Bonchev–Trinajstić information content (AvgIpc) is 2.39. The minimum atomic E-state index is 0.963. The van der Waals surface area contributed by atoms with Crippen molar-refractivity contribution < 1.29 is 0 Å². The van der Waals surface area contributed by atoms with Gasteiger partial charge in [0.15, 0.2) is 0 Å². The molecule has 86 valence electrons. The zero-order valence-corrected chi connectivity index (χ0v) is 10.7. The molecule has 0 unspecified atom stereocenters. The van der Waals surface area contributed by atoms with E-state index in [2.05, 4.69) is 54.4 Å². The zero-order chi connectivity index (χ0) is 11.9. The van der Waals surface area contributed by atoms with Crippen molar-refractivity contribution >= 4 is 23.7 Å². The summed E-state index contributed by atoms with van der Waals surface area (Å²) in [5.41, 5.74) is 1.04. The highest BCUT2D eigenvalue weighted by atomic mass is 32.2. The molecule has 2 aromatic carbocycles. The van der Waals surface area contributed by atoms with Crippen molar-refractivity contribution in [1.29, 1.82) is 0 Å².